The molecule has 0 atom stereocenters. The summed E-state index contributed by atoms with van der Waals surface area (Å²) in [5.41, 5.74) is 6.27. The van der Waals surface area contributed by atoms with Gasteiger partial charge in [-0.1, -0.05) is 54.6 Å². The minimum absolute atomic E-state index is 1.22. The van der Waals surface area contributed by atoms with Gasteiger partial charge in [-0.25, -0.2) is 0 Å². The van der Waals surface area contributed by atoms with Crippen molar-refractivity contribution >= 4 is 38.3 Å². The predicted molar refractivity (Wildman–Crippen MR) is 118 cm³/mol. The molecule has 1 heterocycles. The summed E-state index contributed by atoms with van der Waals surface area (Å²) in [6, 6.07) is 28.7. The van der Waals surface area contributed by atoms with E-state index in [0.29, 0.717) is 0 Å². The summed E-state index contributed by atoms with van der Waals surface area (Å²) in [6.45, 7) is 0. The van der Waals surface area contributed by atoms with Gasteiger partial charge < -0.3 is 9.47 Å². The molecule has 0 amide bonds. The van der Waals surface area contributed by atoms with Gasteiger partial charge in [-0.2, -0.15) is 0 Å². The van der Waals surface area contributed by atoms with Gasteiger partial charge in [-0.05, 0) is 46.2 Å². The first-order valence-electron chi connectivity index (χ1n) is 9.31. The molecule has 5 rings (SSSR count). The number of nitrogens with zero attached hydrogens (tertiary/aromatic N) is 2. The molecule has 27 heavy (non-hydrogen) atoms. The second kappa shape index (κ2) is 5.88. The van der Waals surface area contributed by atoms with Crippen LogP contribution in [0.5, 0.6) is 0 Å². The molecule has 0 aliphatic rings. The fourth-order valence-corrected chi connectivity index (χ4v) is 4.12. The van der Waals surface area contributed by atoms with Crippen molar-refractivity contribution in [3.63, 3.8) is 0 Å². The van der Waals surface area contributed by atoms with Crippen LogP contribution in [-0.4, -0.2) is 18.7 Å². The highest BCUT2D eigenvalue weighted by molar-refractivity contribution is 6.21. The second-order valence-electron chi connectivity index (χ2n) is 7.42. The van der Waals surface area contributed by atoms with Gasteiger partial charge in [0.05, 0.1) is 0 Å². The number of benzene rings is 4. The lowest BCUT2D eigenvalue weighted by Gasteiger charge is -2.13. The van der Waals surface area contributed by atoms with Crippen LogP contribution in [0.4, 0.5) is 5.69 Å². The van der Waals surface area contributed by atoms with Gasteiger partial charge in [0.15, 0.2) is 0 Å². The molecule has 0 aliphatic carbocycles. The molecule has 2 heteroatoms. The average molecular weight is 350 g/mol. The molecule has 5 aromatic rings. The normalized spacial score (nSPS) is 11.5. The van der Waals surface area contributed by atoms with Crippen LogP contribution in [0.15, 0.2) is 78.9 Å². The minimum Gasteiger partial charge on any atom is -0.378 e. The molecule has 0 bridgehead atoms. The van der Waals surface area contributed by atoms with Crippen molar-refractivity contribution in [2.45, 2.75) is 0 Å². The van der Waals surface area contributed by atoms with Gasteiger partial charge in [0, 0.05) is 48.6 Å². The average Bonchev–Trinajstić information content (AvgIpc) is 3.00. The van der Waals surface area contributed by atoms with Crippen molar-refractivity contribution in [3.05, 3.63) is 78.9 Å². The largest absolute Gasteiger partial charge is 0.378 e. The van der Waals surface area contributed by atoms with Crippen molar-refractivity contribution in [3.8, 4) is 11.1 Å². The van der Waals surface area contributed by atoms with E-state index in [4.69, 9.17) is 0 Å². The maximum absolute atomic E-state index is 2.32. The van der Waals surface area contributed by atoms with Gasteiger partial charge in [-0.3, -0.25) is 0 Å². The van der Waals surface area contributed by atoms with Crippen LogP contribution in [0.2, 0.25) is 0 Å². The SMILES string of the molecule is CN(C)c1cccc(-c2ccc3c4c5ccccc5ccc4n(C)c3c2)c1. The Balaban J connectivity index is 1.80. The van der Waals surface area contributed by atoms with Crippen molar-refractivity contribution in [2.24, 2.45) is 7.05 Å². The first-order chi connectivity index (χ1) is 13.1. The number of hydrogen-bond donors (Lipinski definition) is 0. The molecule has 0 saturated carbocycles. The molecule has 2 nitrogen and oxygen atoms in total. The van der Waals surface area contributed by atoms with Gasteiger partial charge in [-0.15, -0.1) is 0 Å². The predicted octanol–water partition coefficient (Wildman–Crippen LogP) is 6.22. The van der Waals surface area contributed by atoms with Crippen molar-refractivity contribution in [1.82, 2.24) is 4.57 Å². The van der Waals surface area contributed by atoms with Crippen LogP contribution in [0.1, 0.15) is 0 Å². The summed E-state index contributed by atoms with van der Waals surface area (Å²) in [7, 11) is 6.33. The number of aromatic nitrogens is 1. The highest BCUT2D eigenvalue weighted by Gasteiger charge is 2.12. The quantitative estimate of drug-likeness (QED) is 0.367. The van der Waals surface area contributed by atoms with E-state index in [1.165, 1.54) is 49.4 Å². The third kappa shape index (κ3) is 2.41. The lowest BCUT2D eigenvalue weighted by molar-refractivity contribution is 1.01. The van der Waals surface area contributed by atoms with Crippen LogP contribution in [-0.2, 0) is 7.05 Å². The Labute approximate surface area is 159 Å². The lowest BCUT2D eigenvalue weighted by atomic mass is 10.0. The topological polar surface area (TPSA) is 8.17 Å². The van der Waals surface area contributed by atoms with Gasteiger partial charge >= 0.3 is 0 Å². The highest BCUT2D eigenvalue weighted by Crippen LogP contribution is 2.36. The molecular weight excluding hydrogens is 328 g/mol. The minimum atomic E-state index is 1.22. The smallest absolute Gasteiger partial charge is 0.0495 e. The Kier molecular flexibility index (Phi) is 3.48. The van der Waals surface area contributed by atoms with Gasteiger partial charge in [0.1, 0.15) is 0 Å². The Bertz CT molecular complexity index is 1310. The molecule has 0 unspecified atom stereocenters. The zero-order valence-electron chi connectivity index (χ0n) is 15.9. The van der Waals surface area contributed by atoms with Crippen LogP contribution < -0.4 is 4.90 Å². The van der Waals surface area contributed by atoms with E-state index in [1.807, 2.05) is 0 Å². The zero-order chi connectivity index (χ0) is 18.5. The Morgan fingerprint density at radius 1 is 0.667 bits per heavy atom. The Morgan fingerprint density at radius 3 is 2.33 bits per heavy atom. The molecule has 0 saturated heterocycles. The molecule has 0 fully saturated rings. The molecular formula is C25H22N2. The van der Waals surface area contributed by atoms with Crippen molar-refractivity contribution < 1.29 is 0 Å². The van der Waals surface area contributed by atoms with Crippen LogP contribution >= 0.6 is 0 Å². The molecule has 0 spiro atoms. The highest BCUT2D eigenvalue weighted by atomic mass is 15.1. The van der Waals surface area contributed by atoms with Crippen LogP contribution in [0.25, 0.3) is 43.7 Å². The van der Waals surface area contributed by atoms with E-state index in [9.17, 15) is 0 Å². The molecule has 132 valence electrons. The van der Waals surface area contributed by atoms with E-state index in [2.05, 4.69) is 109 Å². The Morgan fingerprint density at radius 2 is 1.48 bits per heavy atom. The van der Waals surface area contributed by atoms with Crippen molar-refractivity contribution in [1.29, 1.82) is 0 Å². The number of rotatable bonds is 2. The fourth-order valence-electron chi connectivity index (χ4n) is 4.12. The second-order valence-corrected chi connectivity index (χ2v) is 7.42. The first kappa shape index (κ1) is 16.0. The van der Waals surface area contributed by atoms with Crippen molar-refractivity contribution in [2.75, 3.05) is 19.0 Å². The maximum atomic E-state index is 2.32. The van der Waals surface area contributed by atoms with Crippen LogP contribution in [0, 0.1) is 0 Å². The number of anilines is 1. The number of hydrogen-bond acceptors (Lipinski definition) is 1. The summed E-state index contributed by atoms with van der Waals surface area (Å²) in [6.07, 6.45) is 0. The number of fused-ring (bicyclic) bond motifs is 5. The monoisotopic (exact) mass is 350 g/mol. The van der Waals surface area contributed by atoms with E-state index >= 15 is 0 Å². The summed E-state index contributed by atoms with van der Waals surface area (Å²) >= 11 is 0. The molecule has 4 aromatic carbocycles. The summed E-state index contributed by atoms with van der Waals surface area (Å²) in [5.74, 6) is 0. The third-order valence-corrected chi connectivity index (χ3v) is 5.59. The molecule has 0 N–H and O–H groups in total. The van der Waals surface area contributed by atoms with E-state index in [-0.39, 0.29) is 0 Å². The van der Waals surface area contributed by atoms with Crippen LogP contribution in [0.3, 0.4) is 0 Å². The standard InChI is InChI=1S/C25H22N2/c1-26(2)20-9-6-8-18(15-20)19-11-13-22-24(16-19)27(3)23-14-12-17-7-4-5-10-21(17)25(22)23/h4-16H,1-3H3. The van der Waals surface area contributed by atoms with E-state index < -0.39 is 0 Å². The molecule has 0 aliphatic heterocycles. The third-order valence-electron chi connectivity index (χ3n) is 5.59. The lowest BCUT2D eigenvalue weighted by Crippen LogP contribution is -2.08. The van der Waals surface area contributed by atoms with E-state index in [0.717, 1.165) is 0 Å². The molecule has 1 aromatic heterocycles. The molecule has 0 radical (unpaired) electrons. The van der Waals surface area contributed by atoms with Gasteiger partial charge in [0.2, 0.25) is 0 Å². The summed E-state index contributed by atoms with van der Waals surface area (Å²) in [4.78, 5) is 2.14. The zero-order valence-corrected chi connectivity index (χ0v) is 15.9. The Hall–Kier alpha value is -3.26. The fraction of sp³-hybridized carbons (Fsp3) is 0.120. The summed E-state index contributed by atoms with van der Waals surface area (Å²) < 4.78 is 2.32. The first-order valence-corrected chi connectivity index (χ1v) is 9.31. The van der Waals surface area contributed by atoms with E-state index in [1.54, 1.807) is 0 Å². The number of aryl methyl sites for hydroxylation is 1. The summed E-state index contributed by atoms with van der Waals surface area (Å²) in [5, 5.41) is 5.28. The van der Waals surface area contributed by atoms with Gasteiger partial charge in [0.25, 0.3) is 0 Å². The maximum Gasteiger partial charge on any atom is 0.0495 e.